The molecule has 1 heterocycles. The normalized spacial score (nSPS) is 41.3. The van der Waals surface area contributed by atoms with E-state index in [9.17, 15) is 14.4 Å². The van der Waals surface area contributed by atoms with Gasteiger partial charge in [-0.1, -0.05) is 12.2 Å². The first-order valence-electron chi connectivity index (χ1n) is 7.84. The van der Waals surface area contributed by atoms with Crippen molar-refractivity contribution in [2.75, 3.05) is 0 Å². The average Bonchev–Trinajstić information content (AvgIpc) is 3.18. The highest BCUT2D eigenvalue weighted by Crippen LogP contribution is 2.65. The molecular formula is C16H20N2O4. The molecule has 6 nitrogen and oxygen atoms in total. The molecule has 3 fully saturated rings. The number of rotatable bonds is 1. The fraction of sp³-hybridized carbons (Fsp3) is 0.688. The molecule has 1 saturated heterocycles. The van der Waals surface area contributed by atoms with Crippen LogP contribution in [0.4, 0.5) is 4.79 Å². The Bertz CT molecular complexity index is 570. The Balaban J connectivity index is 1.54. The van der Waals surface area contributed by atoms with Gasteiger partial charge in [-0.15, -0.1) is 0 Å². The summed E-state index contributed by atoms with van der Waals surface area (Å²) in [5.41, 5.74) is 1.66. The third-order valence-corrected chi connectivity index (χ3v) is 5.26. The van der Waals surface area contributed by atoms with Gasteiger partial charge in [0.2, 0.25) is 0 Å². The van der Waals surface area contributed by atoms with Gasteiger partial charge in [0, 0.05) is 0 Å². The van der Waals surface area contributed by atoms with Gasteiger partial charge in [-0.25, -0.2) is 10.2 Å². The van der Waals surface area contributed by atoms with Gasteiger partial charge in [-0.05, 0) is 50.9 Å². The minimum Gasteiger partial charge on any atom is -0.443 e. The number of carbonyl (C=O) groups excluding carboxylic acids is 3. The Hall–Kier alpha value is -1.85. The molecule has 0 aromatic carbocycles. The van der Waals surface area contributed by atoms with Crippen LogP contribution in [0.5, 0.6) is 0 Å². The summed E-state index contributed by atoms with van der Waals surface area (Å²) in [5, 5.41) is 0.890. The summed E-state index contributed by atoms with van der Waals surface area (Å²) in [6.07, 6.45) is 4.55. The lowest BCUT2D eigenvalue weighted by atomic mass is 9.63. The number of hydrogen-bond acceptors (Lipinski definition) is 4. The van der Waals surface area contributed by atoms with Crippen LogP contribution in [0.1, 0.15) is 27.2 Å². The Morgan fingerprint density at radius 3 is 2.09 bits per heavy atom. The number of carbonyl (C=O) groups is 3. The van der Waals surface area contributed by atoms with E-state index in [1.807, 2.05) is 0 Å². The highest BCUT2D eigenvalue weighted by Gasteiger charge is 2.67. The maximum atomic E-state index is 12.6. The molecule has 2 unspecified atom stereocenters. The van der Waals surface area contributed by atoms with Crippen molar-refractivity contribution in [2.45, 2.75) is 32.8 Å². The number of hydrogen-bond donors (Lipinski definition) is 1. The number of hydrazine groups is 1. The van der Waals surface area contributed by atoms with Crippen LogP contribution in [0.25, 0.3) is 0 Å². The van der Waals surface area contributed by atoms with Gasteiger partial charge < -0.3 is 4.74 Å². The van der Waals surface area contributed by atoms with E-state index in [2.05, 4.69) is 17.6 Å². The molecule has 6 atom stereocenters. The molecule has 0 radical (unpaired) electrons. The standard InChI is InChI=1S/C16H20N2O4/c1-16(2,3)22-15(21)17-18-13(19)11-7-4-5-8(10-6-9(7)10)12(11)14(18)20/h4-5,7-12H,6H2,1-3H3,(H,17,21)/t7?,8?,9-,10+,11+,12-. The van der Waals surface area contributed by atoms with E-state index in [0.29, 0.717) is 11.8 Å². The molecule has 5 aliphatic rings. The minimum atomic E-state index is -0.765. The Morgan fingerprint density at radius 1 is 1.14 bits per heavy atom. The van der Waals surface area contributed by atoms with Crippen molar-refractivity contribution in [3.05, 3.63) is 12.2 Å². The van der Waals surface area contributed by atoms with Crippen LogP contribution in [0, 0.1) is 35.5 Å². The van der Waals surface area contributed by atoms with Gasteiger partial charge in [0.25, 0.3) is 11.8 Å². The van der Waals surface area contributed by atoms with E-state index in [4.69, 9.17) is 4.74 Å². The lowest BCUT2D eigenvalue weighted by Crippen LogP contribution is -2.48. The van der Waals surface area contributed by atoms with E-state index in [-0.39, 0.29) is 35.5 Å². The van der Waals surface area contributed by atoms with Crippen LogP contribution in [-0.2, 0) is 14.3 Å². The second-order valence-electron chi connectivity index (χ2n) is 7.78. The molecule has 0 spiro atoms. The van der Waals surface area contributed by atoms with E-state index >= 15 is 0 Å². The quantitative estimate of drug-likeness (QED) is 0.588. The van der Waals surface area contributed by atoms with Gasteiger partial charge >= 0.3 is 6.09 Å². The molecule has 3 amide bonds. The zero-order valence-electron chi connectivity index (χ0n) is 12.9. The van der Waals surface area contributed by atoms with Gasteiger partial charge in [0.1, 0.15) is 5.60 Å². The monoisotopic (exact) mass is 304 g/mol. The highest BCUT2D eigenvalue weighted by molar-refractivity contribution is 6.06. The van der Waals surface area contributed by atoms with Crippen molar-refractivity contribution < 1.29 is 19.1 Å². The summed E-state index contributed by atoms with van der Waals surface area (Å²) in [5.74, 6) is 0.228. The lowest BCUT2D eigenvalue weighted by Gasteiger charge is -2.37. The molecule has 4 aliphatic carbocycles. The fourth-order valence-electron chi connectivity index (χ4n) is 4.46. The zero-order valence-corrected chi connectivity index (χ0v) is 12.9. The largest absolute Gasteiger partial charge is 0.443 e. The van der Waals surface area contributed by atoms with E-state index < -0.39 is 11.7 Å². The van der Waals surface area contributed by atoms with Gasteiger partial charge in [-0.3, -0.25) is 9.59 Å². The van der Waals surface area contributed by atoms with Crippen LogP contribution in [0.2, 0.25) is 0 Å². The average molecular weight is 304 g/mol. The number of allylic oxidation sites excluding steroid dienone is 2. The summed E-state index contributed by atoms with van der Waals surface area (Å²) in [7, 11) is 0. The van der Waals surface area contributed by atoms with Crippen LogP contribution in [0.3, 0.4) is 0 Å². The molecule has 6 heteroatoms. The van der Waals surface area contributed by atoms with Crippen LogP contribution < -0.4 is 5.43 Å². The second kappa shape index (κ2) is 4.12. The highest BCUT2D eigenvalue weighted by atomic mass is 16.6. The third kappa shape index (κ3) is 1.82. The van der Waals surface area contributed by atoms with Gasteiger partial charge in [0.05, 0.1) is 11.8 Å². The molecule has 1 N–H and O–H groups in total. The minimum absolute atomic E-state index is 0.155. The molecule has 5 rings (SSSR count). The van der Waals surface area contributed by atoms with Crippen LogP contribution in [-0.4, -0.2) is 28.5 Å². The summed E-state index contributed by atoms with van der Waals surface area (Å²) >= 11 is 0. The Morgan fingerprint density at radius 2 is 1.64 bits per heavy atom. The summed E-state index contributed by atoms with van der Waals surface area (Å²) in [6, 6.07) is 0. The number of amides is 3. The van der Waals surface area contributed by atoms with Crippen molar-refractivity contribution in [3.63, 3.8) is 0 Å². The smallest absolute Gasteiger partial charge is 0.427 e. The van der Waals surface area contributed by atoms with E-state index in [0.717, 1.165) is 11.4 Å². The molecule has 118 valence electrons. The van der Waals surface area contributed by atoms with Gasteiger partial charge in [0.15, 0.2) is 0 Å². The lowest BCUT2D eigenvalue weighted by molar-refractivity contribution is -0.143. The van der Waals surface area contributed by atoms with Crippen molar-refractivity contribution in [3.8, 4) is 0 Å². The van der Waals surface area contributed by atoms with E-state index in [1.165, 1.54) is 0 Å². The molecule has 2 saturated carbocycles. The predicted octanol–water partition coefficient (Wildman–Crippen LogP) is 1.48. The first-order valence-corrected chi connectivity index (χ1v) is 7.84. The molecular weight excluding hydrogens is 284 g/mol. The van der Waals surface area contributed by atoms with Gasteiger partial charge in [-0.2, -0.15) is 5.01 Å². The number of imide groups is 1. The zero-order chi connectivity index (χ0) is 15.8. The number of ether oxygens (including phenoxy) is 1. The SMILES string of the molecule is CC(C)(C)OC(=O)NN1C(=O)[C@@H]2C3C=CC([C@H]4C[C@@H]34)[C@@H]2C1=O. The second-order valence-corrected chi connectivity index (χ2v) is 7.78. The van der Waals surface area contributed by atoms with Crippen LogP contribution in [0.15, 0.2) is 12.2 Å². The summed E-state index contributed by atoms with van der Waals surface area (Å²) in [4.78, 5) is 37.1. The molecule has 22 heavy (non-hydrogen) atoms. The van der Waals surface area contributed by atoms with Crippen molar-refractivity contribution >= 4 is 17.9 Å². The predicted molar refractivity (Wildman–Crippen MR) is 75.9 cm³/mol. The molecule has 0 aromatic heterocycles. The molecule has 2 bridgehead atoms. The maximum absolute atomic E-state index is 12.6. The Labute approximate surface area is 128 Å². The number of nitrogens with one attached hydrogen (secondary N) is 1. The van der Waals surface area contributed by atoms with Crippen LogP contribution >= 0.6 is 0 Å². The Kier molecular flexibility index (Phi) is 2.58. The number of nitrogens with zero attached hydrogens (tertiary/aromatic N) is 1. The molecule has 1 aliphatic heterocycles. The summed E-state index contributed by atoms with van der Waals surface area (Å²) < 4.78 is 5.14. The summed E-state index contributed by atoms with van der Waals surface area (Å²) in [6.45, 7) is 5.20. The van der Waals surface area contributed by atoms with Crippen molar-refractivity contribution in [1.82, 2.24) is 10.4 Å². The third-order valence-electron chi connectivity index (χ3n) is 5.26. The first kappa shape index (κ1) is 13.8. The van der Waals surface area contributed by atoms with E-state index in [1.54, 1.807) is 20.8 Å². The maximum Gasteiger partial charge on any atom is 0.427 e. The molecule has 0 aromatic rings. The van der Waals surface area contributed by atoms with Crippen molar-refractivity contribution in [1.29, 1.82) is 0 Å². The first-order chi connectivity index (χ1) is 10.3. The topological polar surface area (TPSA) is 75.7 Å². The van der Waals surface area contributed by atoms with Crippen molar-refractivity contribution in [2.24, 2.45) is 35.5 Å². The fourth-order valence-corrected chi connectivity index (χ4v) is 4.46.